The van der Waals surface area contributed by atoms with Crippen molar-refractivity contribution in [3.05, 3.63) is 220 Å². The van der Waals surface area contributed by atoms with Crippen LogP contribution in [0.25, 0.3) is 0 Å². The molecule has 13 rings (SSSR count). The highest BCUT2D eigenvalue weighted by molar-refractivity contribution is 6.31. The molecule has 9 aromatic rings. The number of nitrogens with zero attached hydrogens (tertiary/aromatic N) is 11. The first-order valence-electron chi connectivity index (χ1n) is 34.6. The Kier molecular flexibility index (Phi) is 26.4. The van der Waals surface area contributed by atoms with Gasteiger partial charge in [-0.05, 0) is 128 Å². The maximum Gasteiger partial charge on any atom is 0.436 e. The molecule has 2 atom stereocenters. The molecule has 0 bridgehead atoms. The van der Waals surface area contributed by atoms with E-state index in [-0.39, 0.29) is 55.0 Å². The van der Waals surface area contributed by atoms with Crippen LogP contribution >= 0.6 is 34.8 Å². The standard InChI is InChI=1S/C25H24ClF3N4O3.C24H22ClF3N4O3.C16H15ClF3N3O2.C9H10F3N3O2/c1-15(17-7-9-18(10-8-17)24(35)36-2)30-22(34)20-21(25(27,28)29)31-33-12-4-11-32(23(20)33)14-16-5-3-6-19(26)13-16;1-14(16-6-8-17(9-7-16)23(34)35)29-21(33)19-20(24(26,27)28)30-32-11-3-10-31(22(19)32)13-15-4-2-5-18(25)12-15;1-25-15(24)12-13(16(18,19)20)21-23-7-3-6-22(14(12)23)9-10-4-2-5-11(17)8-10;1-17-8(16)5-6(9(10,11)12)14-15-4-2-3-13-7(5)15/h3,5-10,13,15H,4,11-12,14H2,1-2H3,(H,30,34);2,4-9,12,14H,3,10-11,13H2,1H3,(H,29,33)(H,34,35);2,4-5,8H,3,6-7,9H2,1H3;13H,2-4H2,1H3/t15-;14-;;/m00../s1. The van der Waals surface area contributed by atoms with Gasteiger partial charge in [0.05, 0.1) is 44.5 Å². The van der Waals surface area contributed by atoms with Gasteiger partial charge in [-0.3, -0.25) is 9.59 Å². The van der Waals surface area contributed by atoms with E-state index >= 15 is 0 Å². The van der Waals surface area contributed by atoms with Gasteiger partial charge in [-0.1, -0.05) is 95.5 Å². The van der Waals surface area contributed by atoms with Crippen molar-refractivity contribution in [3.63, 3.8) is 0 Å². The van der Waals surface area contributed by atoms with Crippen LogP contribution in [0.2, 0.25) is 15.1 Å². The molecule has 0 fully saturated rings. The summed E-state index contributed by atoms with van der Waals surface area (Å²) in [5.74, 6) is -5.06. The third-order valence-corrected chi connectivity index (χ3v) is 18.8. The van der Waals surface area contributed by atoms with Crippen LogP contribution in [0.4, 0.5) is 76.0 Å². The molecule has 0 aliphatic carbocycles. The van der Waals surface area contributed by atoms with Gasteiger partial charge in [0.2, 0.25) is 0 Å². The fourth-order valence-corrected chi connectivity index (χ4v) is 13.7. The average molecular weight is 1650 g/mol. The fourth-order valence-electron chi connectivity index (χ4n) is 13.1. The molecule has 5 aromatic carbocycles. The number of methoxy groups -OCH3 is 3. The Bertz CT molecular complexity index is 4970. The second-order valence-electron chi connectivity index (χ2n) is 26.0. The first kappa shape index (κ1) is 84.4. The number of aryl methyl sites for hydroxylation is 4. The number of esters is 3. The number of benzene rings is 5. The largest absolute Gasteiger partial charge is 0.478 e. The van der Waals surface area contributed by atoms with Gasteiger partial charge in [-0.2, -0.15) is 73.1 Å². The molecule has 4 N–H and O–H groups in total. The summed E-state index contributed by atoms with van der Waals surface area (Å²) in [5.41, 5.74) is -3.04. The predicted molar refractivity (Wildman–Crippen MR) is 389 cm³/mol. The summed E-state index contributed by atoms with van der Waals surface area (Å²) in [4.78, 5) is 77.9. The maximum absolute atomic E-state index is 14.0. The molecule has 113 heavy (non-hydrogen) atoms. The minimum absolute atomic E-state index is 0.0639. The van der Waals surface area contributed by atoms with Crippen LogP contribution in [-0.4, -0.2) is 127 Å². The smallest absolute Gasteiger partial charge is 0.436 e. The monoisotopic (exact) mass is 1650 g/mol. The Morgan fingerprint density at radius 1 is 0.434 bits per heavy atom. The zero-order valence-electron chi connectivity index (χ0n) is 60.5. The number of carboxylic acids is 1. The molecule has 2 amide bonds. The van der Waals surface area contributed by atoms with Gasteiger partial charge >= 0.3 is 48.6 Å². The molecule has 4 aliphatic rings. The van der Waals surface area contributed by atoms with Crippen molar-refractivity contribution >= 4 is 93.8 Å². The normalized spacial score (nSPS) is 14.4. The number of aromatic carboxylic acids is 1. The molecule has 0 unspecified atom stereocenters. The van der Waals surface area contributed by atoms with Crippen LogP contribution in [0.1, 0.15) is 164 Å². The number of nitrogens with one attached hydrogen (secondary N) is 3. The van der Waals surface area contributed by atoms with Gasteiger partial charge < -0.3 is 50.0 Å². The van der Waals surface area contributed by atoms with E-state index < -0.39 is 118 Å². The highest BCUT2D eigenvalue weighted by atomic mass is 35.5. The number of carbonyl (C=O) groups is 6. The van der Waals surface area contributed by atoms with Crippen molar-refractivity contribution in [3.8, 4) is 0 Å². The highest BCUT2D eigenvalue weighted by Gasteiger charge is 2.48. The average Bonchev–Trinajstić information content (AvgIpc) is 1.63. The van der Waals surface area contributed by atoms with Gasteiger partial charge in [0, 0.05) is 87.1 Å². The molecule has 0 radical (unpaired) electrons. The fraction of sp³-hybridized carbons (Fsp3) is 0.351. The Morgan fingerprint density at radius 3 is 1.10 bits per heavy atom. The molecule has 0 saturated carbocycles. The second-order valence-corrected chi connectivity index (χ2v) is 27.3. The Morgan fingerprint density at radius 2 is 0.752 bits per heavy atom. The van der Waals surface area contributed by atoms with Gasteiger partial charge in [-0.15, -0.1) is 0 Å². The number of anilines is 4. The molecule has 0 saturated heterocycles. The number of hydrogen-bond donors (Lipinski definition) is 4. The van der Waals surface area contributed by atoms with Crippen LogP contribution in [0.15, 0.2) is 121 Å². The van der Waals surface area contributed by atoms with Crippen LogP contribution in [0.5, 0.6) is 0 Å². The van der Waals surface area contributed by atoms with Crippen molar-refractivity contribution in [2.45, 2.75) is 122 Å². The Hall–Kier alpha value is -11.0. The molecule has 602 valence electrons. The number of aromatic nitrogens is 8. The lowest BCUT2D eigenvalue weighted by atomic mass is 10.0. The maximum atomic E-state index is 14.0. The highest BCUT2D eigenvalue weighted by Crippen LogP contribution is 2.43. The van der Waals surface area contributed by atoms with Crippen molar-refractivity contribution in [1.29, 1.82) is 0 Å². The second kappa shape index (κ2) is 35.4. The first-order chi connectivity index (χ1) is 53.4. The van der Waals surface area contributed by atoms with Crippen molar-refractivity contribution < 1.29 is 101 Å². The molecule has 39 heteroatoms. The predicted octanol–water partition coefficient (Wildman–Crippen LogP) is 15.7. The Labute approximate surface area is 651 Å². The van der Waals surface area contributed by atoms with E-state index in [1.165, 1.54) is 57.6 Å². The number of fused-ring (bicyclic) bond motifs is 4. The van der Waals surface area contributed by atoms with Crippen molar-refractivity contribution in [1.82, 2.24) is 49.8 Å². The lowest BCUT2D eigenvalue weighted by molar-refractivity contribution is -0.142. The summed E-state index contributed by atoms with van der Waals surface area (Å²) in [6.07, 6.45) is -16.6. The third kappa shape index (κ3) is 20.1. The van der Waals surface area contributed by atoms with Crippen molar-refractivity contribution in [2.24, 2.45) is 0 Å². The minimum Gasteiger partial charge on any atom is -0.478 e. The van der Waals surface area contributed by atoms with E-state index in [2.05, 4.69) is 50.6 Å². The number of amides is 2. The summed E-state index contributed by atoms with van der Waals surface area (Å²) in [7, 11) is 3.35. The minimum atomic E-state index is -4.83. The lowest BCUT2D eigenvalue weighted by Crippen LogP contribution is -2.35. The summed E-state index contributed by atoms with van der Waals surface area (Å²) in [6.45, 7) is 7.20. The van der Waals surface area contributed by atoms with E-state index in [1.54, 1.807) is 95.3 Å². The molecule has 4 aromatic heterocycles. The molecular weight excluding hydrogens is 1580 g/mol. The van der Waals surface area contributed by atoms with Gasteiger partial charge in [0.25, 0.3) is 11.8 Å². The van der Waals surface area contributed by atoms with Crippen molar-refractivity contribution in [2.75, 3.05) is 67.5 Å². The van der Waals surface area contributed by atoms with Crippen LogP contribution in [0, 0.1) is 0 Å². The van der Waals surface area contributed by atoms with E-state index in [9.17, 15) is 81.5 Å². The number of carboxylic acid groups (broad SMARTS) is 1. The van der Waals surface area contributed by atoms with Crippen LogP contribution < -0.4 is 30.7 Å². The molecule has 4 aliphatic heterocycles. The summed E-state index contributed by atoms with van der Waals surface area (Å²) < 4.78 is 180. The summed E-state index contributed by atoms with van der Waals surface area (Å²) >= 11 is 18.1. The molecule has 8 heterocycles. The van der Waals surface area contributed by atoms with E-state index in [0.29, 0.717) is 103 Å². The molecule has 0 spiro atoms. The van der Waals surface area contributed by atoms with Gasteiger partial charge in [0.15, 0.2) is 22.8 Å². The number of carbonyl (C=O) groups excluding carboxylic acids is 5. The number of ether oxygens (including phenoxy) is 3. The summed E-state index contributed by atoms with van der Waals surface area (Å²) in [6, 6.07) is 31.8. The van der Waals surface area contributed by atoms with E-state index in [1.807, 2.05) is 18.2 Å². The zero-order chi connectivity index (χ0) is 82.2. The van der Waals surface area contributed by atoms with Gasteiger partial charge in [0.1, 0.15) is 45.5 Å². The van der Waals surface area contributed by atoms with E-state index in [0.717, 1.165) is 35.6 Å². The summed E-state index contributed by atoms with van der Waals surface area (Å²) in [5, 5.41) is 33.2. The number of hydrogen-bond acceptors (Lipinski definition) is 17. The first-order valence-corrected chi connectivity index (χ1v) is 35.8. The number of halogens is 15. The third-order valence-electron chi connectivity index (χ3n) is 18.1. The van der Waals surface area contributed by atoms with E-state index in [4.69, 9.17) is 39.9 Å². The quantitative estimate of drug-likeness (QED) is 0.0398. The number of rotatable bonds is 16. The van der Waals surface area contributed by atoms with Crippen LogP contribution in [0.3, 0.4) is 0 Å². The number of alkyl halides is 12. The topological polar surface area (TPSA) is 267 Å². The van der Waals surface area contributed by atoms with Gasteiger partial charge in [-0.25, -0.2) is 37.9 Å². The lowest BCUT2D eigenvalue weighted by Gasteiger charge is -2.30. The molecule has 24 nitrogen and oxygen atoms in total. The SMILES string of the molecule is COC(=O)c1c(C(F)(F)F)nn2c1N(Cc1cccc(Cl)c1)CCC2.COC(=O)c1c(C(F)(F)F)nn2c1NCCC2.COC(=O)c1ccc([C@H](C)NC(=O)c2c(C(F)(F)F)nn3c2N(Cc2cccc(Cl)c2)CCC3)cc1.C[C@H](NC(=O)c1c(C(F)(F)F)nn2c1N(Cc1cccc(Cl)c1)CCC2)c1ccc(C(=O)O)cc1. The van der Waals surface area contributed by atoms with Crippen LogP contribution in [-0.2, 0) is 84.7 Å². The zero-order valence-corrected chi connectivity index (χ0v) is 62.8. The Balaban J connectivity index is 0.000000165. The molecular formula is C74H71Cl3F12N14O10.